The van der Waals surface area contributed by atoms with E-state index in [4.69, 9.17) is 4.74 Å². The van der Waals surface area contributed by atoms with Gasteiger partial charge in [-0.15, -0.1) is 0 Å². The third-order valence-corrected chi connectivity index (χ3v) is 6.23. The maximum Gasteiger partial charge on any atom is 0.127 e. The molecule has 2 aromatic rings. The first kappa shape index (κ1) is 20.5. The Labute approximate surface area is 173 Å². The summed E-state index contributed by atoms with van der Waals surface area (Å²) in [6.07, 6.45) is 9.14. The number of hydrogen-bond donors (Lipinski definition) is 0. The van der Waals surface area contributed by atoms with E-state index in [1.165, 1.54) is 31.2 Å². The lowest BCUT2D eigenvalue weighted by Crippen LogP contribution is -2.40. The molecule has 29 heavy (non-hydrogen) atoms. The predicted octanol–water partition coefficient (Wildman–Crippen LogP) is 3.45. The summed E-state index contributed by atoms with van der Waals surface area (Å²) in [6, 6.07) is 7.14. The summed E-state index contributed by atoms with van der Waals surface area (Å²) in [4.78, 5) is 4.95. The summed E-state index contributed by atoms with van der Waals surface area (Å²) in [6.45, 7) is 6.74. The van der Waals surface area contributed by atoms with Crippen LogP contribution in [0.1, 0.15) is 36.8 Å². The Bertz CT molecular complexity index is 766. The minimum Gasteiger partial charge on any atom is -0.377 e. The fraction of sp³-hybridized carbons (Fsp3) is 0.609. The third kappa shape index (κ3) is 5.87. The molecule has 0 unspecified atom stereocenters. The number of nitrogens with zero attached hydrogens (tertiary/aromatic N) is 4. The van der Waals surface area contributed by atoms with Crippen molar-refractivity contribution in [2.45, 2.75) is 44.9 Å². The molecule has 2 saturated heterocycles. The van der Waals surface area contributed by atoms with Crippen molar-refractivity contribution in [3.63, 3.8) is 0 Å². The first-order valence-corrected chi connectivity index (χ1v) is 10.9. The van der Waals surface area contributed by atoms with Gasteiger partial charge in [0.05, 0.1) is 12.3 Å². The van der Waals surface area contributed by atoms with Crippen LogP contribution in [0.25, 0.3) is 0 Å². The molecular weight excluding hydrogens is 367 g/mol. The Morgan fingerprint density at radius 2 is 2.00 bits per heavy atom. The fourth-order valence-electron chi connectivity index (χ4n) is 4.65. The number of likely N-dealkylation sites (tertiary alicyclic amines) is 1. The highest BCUT2D eigenvalue weighted by molar-refractivity contribution is 5.17. The van der Waals surface area contributed by atoms with Crippen LogP contribution in [0, 0.1) is 11.7 Å². The minimum atomic E-state index is -0.0890. The molecule has 2 aliphatic heterocycles. The summed E-state index contributed by atoms with van der Waals surface area (Å²) in [5.41, 5.74) is 2.07. The Hall–Kier alpha value is -1.76. The van der Waals surface area contributed by atoms with Gasteiger partial charge in [-0.2, -0.15) is 5.10 Å². The number of rotatable bonds is 8. The molecule has 0 radical (unpaired) electrons. The first-order chi connectivity index (χ1) is 14.2. The van der Waals surface area contributed by atoms with Gasteiger partial charge in [0.25, 0.3) is 0 Å². The molecule has 1 aromatic carbocycles. The highest BCUT2D eigenvalue weighted by Crippen LogP contribution is 2.23. The lowest BCUT2D eigenvalue weighted by atomic mass is 9.95. The normalized spacial score (nSPS) is 21.3. The van der Waals surface area contributed by atoms with Crippen LogP contribution in [0.4, 0.5) is 4.39 Å². The van der Waals surface area contributed by atoms with Crippen molar-refractivity contribution in [3.05, 3.63) is 53.6 Å². The maximum atomic E-state index is 13.9. The van der Waals surface area contributed by atoms with Crippen LogP contribution < -0.4 is 0 Å². The van der Waals surface area contributed by atoms with Gasteiger partial charge in [-0.05, 0) is 50.8 Å². The second kappa shape index (κ2) is 9.83. The molecule has 2 fully saturated rings. The summed E-state index contributed by atoms with van der Waals surface area (Å²) in [7, 11) is 1.97. The number of ether oxygens (including phenoxy) is 1. The molecule has 0 bridgehead atoms. The van der Waals surface area contributed by atoms with Crippen LogP contribution >= 0.6 is 0 Å². The Morgan fingerprint density at radius 1 is 1.17 bits per heavy atom. The molecule has 0 aliphatic carbocycles. The number of benzene rings is 1. The van der Waals surface area contributed by atoms with Gasteiger partial charge in [0.1, 0.15) is 5.82 Å². The van der Waals surface area contributed by atoms with Crippen LogP contribution in [-0.2, 0) is 24.9 Å². The second-order valence-corrected chi connectivity index (χ2v) is 8.66. The highest BCUT2D eigenvalue weighted by atomic mass is 19.1. The van der Waals surface area contributed by atoms with Crippen molar-refractivity contribution >= 4 is 0 Å². The number of hydrogen-bond acceptors (Lipinski definition) is 4. The van der Waals surface area contributed by atoms with E-state index >= 15 is 0 Å². The first-order valence-electron chi connectivity index (χ1n) is 10.9. The molecule has 2 aliphatic rings. The standard InChI is InChI=1S/C23H33FN4O/c1-26-14-20(13-25-26)16-28(18-22-6-4-12-29-22)15-19-8-10-27(11-9-19)17-21-5-2-3-7-23(21)24/h2-3,5,7,13-14,19,22H,4,6,8-12,15-18H2,1H3/t22-/m0/s1. The van der Waals surface area contributed by atoms with Crippen molar-refractivity contribution in [2.24, 2.45) is 13.0 Å². The third-order valence-electron chi connectivity index (χ3n) is 6.23. The maximum absolute atomic E-state index is 13.9. The average Bonchev–Trinajstić information content (AvgIpc) is 3.37. The topological polar surface area (TPSA) is 33.5 Å². The zero-order chi connectivity index (χ0) is 20.1. The molecule has 4 rings (SSSR count). The van der Waals surface area contributed by atoms with Crippen molar-refractivity contribution in [2.75, 3.05) is 32.8 Å². The summed E-state index contributed by atoms with van der Waals surface area (Å²) < 4.78 is 21.7. The van der Waals surface area contributed by atoms with Gasteiger partial charge in [0, 0.05) is 57.2 Å². The van der Waals surface area contributed by atoms with Crippen molar-refractivity contribution < 1.29 is 9.13 Å². The molecule has 158 valence electrons. The molecule has 0 saturated carbocycles. The molecule has 0 spiro atoms. The van der Waals surface area contributed by atoms with E-state index < -0.39 is 0 Å². The second-order valence-electron chi connectivity index (χ2n) is 8.66. The number of aromatic nitrogens is 2. The quantitative estimate of drug-likeness (QED) is 0.680. The number of halogens is 1. The lowest BCUT2D eigenvalue weighted by molar-refractivity contribution is 0.0569. The molecule has 1 atom stereocenters. The zero-order valence-electron chi connectivity index (χ0n) is 17.5. The summed E-state index contributed by atoms with van der Waals surface area (Å²) in [5, 5.41) is 4.33. The lowest BCUT2D eigenvalue weighted by Gasteiger charge is -2.35. The molecular formula is C23H33FN4O. The van der Waals surface area contributed by atoms with Gasteiger partial charge in [0.2, 0.25) is 0 Å². The van der Waals surface area contributed by atoms with E-state index in [1.54, 1.807) is 12.1 Å². The Morgan fingerprint density at radius 3 is 2.69 bits per heavy atom. The zero-order valence-corrected chi connectivity index (χ0v) is 17.5. The van der Waals surface area contributed by atoms with E-state index in [0.717, 1.165) is 44.9 Å². The summed E-state index contributed by atoms with van der Waals surface area (Å²) >= 11 is 0. The van der Waals surface area contributed by atoms with Crippen LogP contribution in [0.5, 0.6) is 0 Å². The average molecular weight is 401 g/mol. The predicted molar refractivity (Wildman–Crippen MR) is 112 cm³/mol. The van der Waals surface area contributed by atoms with Gasteiger partial charge in [-0.3, -0.25) is 14.5 Å². The monoisotopic (exact) mass is 400 g/mol. The van der Waals surface area contributed by atoms with Crippen LogP contribution in [0.2, 0.25) is 0 Å². The van der Waals surface area contributed by atoms with Crippen LogP contribution in [0.15, 0.2) is 36.7 Å². The van der Waals surface area contributed by atoms with Gasteiger partial charge >= 0.3 is 0 Å². The molecule has 0 amide bonds. The molecule has 6 heteroatoms. The smallest absolute Gasteiger partial charge is 0.127 e. The molecule has 3 heterocycles. The Kier molecular flexibility index (Phi) is 6.95. The van der Waals surface area contributed by atoms with Crippen LogP contribution in [-0.4, -0.2) is 58.5 Å². The van der Waals surface area contributed by atoms with E-state index in [9.17, 15) is 4.39 Å². The van der Waals surface area contributed by atoms with Gasteiger partial charge in [-0.25, -0.2) is 4.39 Å². The van der Waals surface area contributed by atoms with Gasteiger partial charge < -0.3 is 4.74 Å². The largest absolute Gasteiger partial charge is 0.377 e. The minimum absolute atomic E-state index is 0.0890. The molecule has 0 N–H and O–H groups in total. The van der Waals surface area contributed by atoms with E-state index in [-0.39, 0.29) is 5.82 Å². The van der Waals surface area contributed by atoms with Crippen molar-refractivity contribution in [1.82, 2.24) is 19.6 Å². The number of aryl methyl sites for hydroxylation is 1. The fourth-order valence-corrected chi connectivity index (χ4v) is 4.65. The summed E-state index contributed by atoms with van der Waals surface area (Å²) in [5.74, 6) is 0.596. The molecule has 5 nitrogen and oxygen atoms in total. The van der Waals surface area contributed by atoms with E-state index in [1.807, 2.05) is 30.1 Å². The molecule has 1 aromatic heterocycles. The number of piperidine rings is 1. The van der Waals surface area contributed by atoms with Gasteiger partial charge in [-0.1, -0.05) is 18.2 Å². The van der Waals surface area contributed by atoms with Crippen LogP contribution in [0.3, 0.4) is 0 Å². The van der Waals surface area contributed by atoms with Gasteiger partial charge in [0.15, 0.2) is 0 Å². The Balaban J connectivity index is 1.30. The van der Waals surface area contributed by atoms with E-state index in [0.29, 0.717) is 18.6 Å². The van der Waals surface area contributed by atoms with Crippen molar-refractivity contribution in [1.29, 1.82) is 0 Å². The van der Waals surface area contributed by atoms with Crippen molar-refractivity contribution in [3.8, 4) is 0 Å². The highest BCUT2D eigenvalue weighted by Gasteiger charge is 2.25. The SMILES string of the molecule is Cn1cc(CN(CC2CCN(Cc3ccccc3F)CC2)C[C@@H]2CCCO2)cn1. The van der Waals surface area contributed by atoms with E-state index in [2.05, 4.69) is 21.1 Å².